The molecule has 4 N–H and O–H groups in total. The van der Waals surface area contributed by atoms with Gasteiger partial charge in [0.15, 0.2) is 0 Å². The van der Waals surface area contributed by atoms with Gasteiger partial charge in [0, 0.05) is 0 Å². The fraction of sp³-hybridized carbons (Fsp3) is 0.520. The molecule has 0 aliphatic rings. The van der Waals surface area contributed by atoms with Gasteiger partial charge in [0.2, 0.25) is 0 Å². The van der Waals surface area contributed by atoms with Crippen LogP contribution in [0.1, 0.15) is 86.8 Å². The van der Waals surface area contributed by atoms with Crippen LogP contribution in [0.15, 0.2) is 36.4 Å². The summed E-state index contributed by atoms with van der Waals surface area (Å²) in [6, 6.07) is 13.5. The molecule has 148 valence electrons. The van der Waals surface area contributed by atoms with Crippen molar-refractivity contribution in [3.63, 3.8) is 0 Å². The largest absolute Gasteiger partial charge is 0.306 e. The van der Waals surface area contributed by atoms with Crippen molar-refractivity contribution >= 4 is 0 Å². The Labute approximate surface area is 166 Å². The third-order valence-electron chi connectivity index (χ3n) is 5.52. The van der Waals surface area contributed by atoms with Crippen molar-refractivity contribution in [1.29, 1.82) is 0 Å². The van der Waals surface area contributed by atoms with Crippen LogP contribution in [0.5, 0.6) is 0 Å². The summed E-state index contributed by atoms with van der Waals surface area (Å²) in [4.78, 5) is 0. The van der Waals surface area contributed by atoms with Crippen LogP contribution in [-0.2, 0) is 31.3 Å². The minimum Gasteiger partial charge on any atom is -0.306 e. The second-order valence-corrected chi connectivity index (χ2v) is 7.86. The van der Waals surface area contributed by atoms with Gasteiger partial charge in [0.05, 0.1) is 0 Å². The fourth-order valence-electron chi connectivity index (χ4n) is 3.63. The van der Waals surface area contributed by atoms with E-state index in [1.165, 1.54) is 47.9 Å². The van der Waals surface area contributed by atoms with Crippen LogP contribution < -0.4 is 11.5 Å². The van der Waals surface area contributed by atoms with E-state index in [0.29, 0.717) is 0 Å². The van der Waals surface area contributed by atoms with Crippen molar-refractivity contribution < 1.29 is 0 Å². The number of hydrogen-bond donors (Lipinski definition) is 2. The fourth-order valence-corrected chi connectivity index (χ4v) is 3.63. The van der Waals surface area contributed by atoms with E-state index < -0.39 is 5.66 Å². The number of benzene rings is 2. The average molecular weight is 367 g/mol. The molecule has 2 nitrogen and oxygen atoms in total. The normalized spacial score (nSPS) is 11.8. The van der Waals surface area contributed by atoms with Gasteiger partial charge in [-0.05, 0) is 71.9 Å². The maximum atomic E-state index is 6.78. The Bertz CT molecular complexity index is 683. The van der Waals surface area contributed by atoms with Crippen LogP contribution in [0.4, 0.5) is 0 Å². The van der Waals surface area contributed by atoms with Crippen LogP contribution in [0, 0.1) is 0 Å². The standard InChI is InChI=1S/C25H38N2/c1-5-9-11-21-14-22(12-10-6-2)18-24(17-21)25(26,27)23-15-19(7-3)13-20(8-4)16-23/h13-18H,5-12,26-27H2,1-4H3. The van der Waals surface area contributed by atoms with Crippen LogP contribution in [-0.4, -0.2) is 0 Å². The third kappa shape index (κ3) is 5.67. The van der Waals surface area contributed by atoms with Gasteiger partial charge in [-0.15, -0.1) is 0 Å². The molecule has 2 aromatic carbocycles. The highest BCUT2D eigenvalue weighted by atomic mass is 15.0. The summed E-state index contributed by atoms with van der Waals surface area (Å²) in [7, 11) is 0. The Morgan fingerprint density at radius 1 is 0.593 bits per heavy atom. The van der Waals surface area contributed by atoms with Crippen LogP contribution in [0.25, 0.3) is 0 Å². The first kappa shape index (κ1) is 21.7. The van der Waals surface area contributed by atoms with Gasteiger partial charge in [-0.25, -0.2) is 0 Å². The molecule has 27 heavy (non-hydrogen) atoms. The molecule has 0 amide bonds. The van der Waals surface area contributed by atoms with E-state index in [1.807, 2.05) is 0 Å². The molecule has 0 saturated heterocycles. The number of unbranched alkanes of at least 4 members (excludes halogenated alkanes) is 2. The third-order valence-corrected chi connectivity index (χ3v) is 5.52. The first-order valence-corrected chi connectivity index (χ1v) is 10.8. The number of rotatable bonds is 10. The Morgan fingerprint density at radius 2 is 0.963 bits per heavy atom. The molecule has 0 spiro atoms. The zero-order valence-corrected chi connectivity index (χ0v) is 17.8. The molecule has 0 aliphatic carbocycles. The molecule has 0 radical (unpaired) electrons. The highest BCUT2D eigenvalue weighted by Gasteiger charge is 2.26. The lowest BCUT2D eigenvalue weighted by molar-refractivity contribution is 0.563. The molecule has 2 rings (SSSR count). The monoisotopic (exact) mass is 366 g/mol. The van der Waals surface area contributed by atoms with Crippen molar-refractivity contribution in [3.05, 3.63) is 69.8 Å². The van der Waals surface area contributed by atoms with Gasteiger partial charge in [-0.3, -0.25) is 0 Å². The van der Waals surface area contributed by atoms with Gasteiger partial charge in [0.1, 0.15) is 5.66 Å². The summed E-state index contributed by atoms with van der Waals surface area (Å²) in [5, 5.41) is 0. The Morgan fingerprint density at radius 3 is 1.33 bits per heavy atom. The van der Waals surface area contributed by atoms with E-state index in [-0.39, 0.29) is 0 Å². The van der Waals surface area contributed by atoms with Crippen LogP contribution in [0.2, 0.25) is 0 Å². The summed E-state index contributed by atoms with van der Waals surface area (Å²) in [6.07, 6.45) is 8.97. The predicted molar refractivity (Wildman–Crippen MR) is 118 cm³/mol. The molecular formula is C25H38N2. The number of aryl methyl sites for hydroxylation is 4. The number of hydrogen-bond acceptors (Lipinski definition) is 2. The van der Waals surface area contributed by atoms with Crippen molar-refractivity contribution in [2.45, 2.75) is 84.7 Å². The minimum absolute atomic E-state index is 0.960. The molecule has 0 aromatic heterocycles. The van der Waals surface area contributed by atoms with E-state index >= 15 is 0 Å². The zero-order chi connectivity index (χ0) is 19.9. The lowest BCUT2D eigenvalue weighted by Gasteiger charge is -2.28. The molecule has 0 bridgehead atoms. The van der Waals surface area contributed by atoms with E-state index in [2.05, 4.69) is 64.1 Å². The van der Waals surface area contributed by atoms with Crippen molar-refractivity contribution in [2.24, 2.45) is 11.5 Å². The van der Waals surface area contributed by atoms with Crippen molar-refractivity contribution in [1.82, 2.24) is 0 Å². The maximum absolute atomic E-state index is 6.78. The lowest BCUT2D eigenvalue weighted by Crippen LogP contribution is -2.47. The molecule has 0 heterocycles. The summed E-state index contributed by atoms with van der Waals surface area (Å²) in [6.45, 7) is 8.84. The summed E-state index contributed by atoms with van der Waals surface area (Å²) < 4.78 is 0. The second kappa shape index (κ2) is 10.1. The van der Waals surface area contributed by atoms with Gasteiger partial charge in [-0.2, -0.15) is 0 Å². The van der Waals surface area contributed by atoms with E-state index in [0.717, 1.165) is 36.8 Å². The predicted octanol–water partition coefficient (Wildman–Crippen LogP) is 5.62. The summed E-state index contributed by atoms with van der Waals surface area (Å²) >= 11 is 0. The van der Waals surface area contributed by atoms with E-state index in [1.54, 1.807) is 0 Å². The lowest BCUT2D eigenvalue weighted by atomic mass is 9.86. The van der Waals surface area contributed by atoms with Gasteiger partial charge < -0.3 is 11.5 Å². The van der Waals surface area contributed by atoms with Crippen molar-refractivity contribution in [3.8, 4) is 0 Å². The highest BCUT2D eigenvalue weighted by molar-refractivity contribution is 5.44. The topological polar surface area (TPSA) is 52.0 Å². The quantitative estimate of drug-likeness (QED) is 0.537. The molecule has 0 aliphatic heterocycles. The van der Waals surface area contributed by atoms with Gasteiger partial charge in [0.25, 0.3) is 0 Å². The average Bonchev–Trinajstić information content (AvgIpc) is 2.69. The summed E-state index contributed by atoms with van der Waals surface area (Å²) in [5.74, 6) is 0. The smallest absolute Gasteiger partial charge is 0.116 e. The second-order valence-electron chi connectivity index (χ2n) is 7.86. The molecular weight excluding hydrogens is 328 g/mol. The molecule has 0 fully saturated rings. The van der Waals surface area contributed by atoms with Crippen molar-refractivity contribution in [2.75, 3.05) is 0 Å². The van der Waals surface area contributed by atoms with Gasteiger partial charge >= 0.3 is 0 Å². The number of nitrogens with two attached hydrogens (primary N) is 2. The molecule has 2 heteroatoms. The Hall–Kier alpha value is -1.64. The van der Waals surface area contributed by atoms with Gasteiger partial charge in [-0.1, -0.05) is 76.9 Å². The first-order valence-electron chi connectivity index (χ1n) is 10.8. The molecule has 0 saturated carbocycles. The first-order chi connectivity index (χ1) is 12.9. The maximum Gasteiger partial charge on any atom is 0.116 e. The van der Waals surface area contributed by atoms with Crippen LogP contribution >= 0.6 is 0 Å². The minimum atomic E-state index is -0.960. The van der Waals surface area contributed by atoms with E-state index in [4.69, 9.17) is 11.5 Å². The highest BCUT2D eigenvalue weighted by Crippen LogP contribution is 2.27. The zero-order valence-electron chi connectivity index (χ0n) is 17.8. The molecule has 0 unspecified atom stereocenters. The Balaban J connectivity index is 2.49. The summed E-state index contributed by atoms with van der Waals surface area (Å²) in [5.41, 5.74) is 20.0. The molecule has 2 aromatic rings. The van der Waals surface area contributed by atoms with E-state index in [9.17, 15) is 0 Å². The molecule has 0 atom stereocenters. The Kier molecular flexibility index (Phi) is 8.07. The SMILES string of the molecule is CCCCc1cc(CCCC)cc(C(N)(N)c2cc(CC)cc(CC)c2)c1. The van der Waals surface area contributed by atoms with Crippen LogP contribution in [0.3, 0.4) is 0 Å².